The lowest BCUT2D eigenvalue weighted by molar-refractivity contribution is 0.484. The van der Waals surface area contributed by atoms with Crippen molar-refractivity contribution in [2.75, 3.05) is 20.6 Å². The zero-order chi connectivity index (χ0) is 16.9. The third-order valence-corrected chi connectivity index (χ3v) is 5.07. The zero-order valence-corrected chi connectivity index (χ0v) is 17.9. The number of halogens is 1. The third kappa shape index (κ3) is 4.72. The second-order valence-corrected chi connectivity index (χ2v) is 6.76. The molecule has 0 aliphatic heterocycles. The van der Waals surface area contributed by atoms with Gasteiger partial charge in [-0.05, 0) is 30.0 Å². The van der Waals surface area contributed by atoms with E-state index in [9.17, 15) is 0 Å². The number of thiophene rings is 1. The molecule has 1 aromatic carbocycles. The van der Waals surface area contributed by atoms with Crippen molar-refractivity contribution in [2.24, 2.45) is 12.0 Å². The second kappa shape index (κ2) is 9.19. The number of likely N-dealkylation sites (N-methyl/N-ethyl adjacent to an activating group) is 1. The largest absolute Gasteiger partial charge is 0.349 e. The van der Waals surface area contributed by atoms with Crippen molar-refractivity contribution in [3.05, 3.63) is 52.5 Å². The summed E-state index contributed by atoms with van der Waals surface area (Å²) in [6.45, 7) is 1.59. The van der Waals surface area contributed by atoms with E-state index in [0.29, 0.717) is 6.54 Å². The van der Waals surface area contributed by atoms with Crippen molar-refractivity contribution in [3.8, 4) is 0 Å². The van der Waals surface area contributed by atoms with Crippen LogP contribution in [-0.2, 0) is 20.0 Å². The molecule has 0 unspecified atom stereocenters. The van der Waals surface area contributed by atoms with Crippen LogP contribution in [0.25, 0.3) is 11.0 Å². The van der Waals surface area contributed by atoms with E-state index in [1.807, 2.05) is 25.2 Å². The predicted octanol–water partition coefficient (Wildman–Crippen LogP) is 3.50. The van der Waals surface area contributed by atoms with Crippen LogP contribution in [0, 0.1) is 0 Å². The van der Waals surface area contributed by atoms with Crippen LogP contribution in [0.4, 0.5) is 0 Å². The summed E-state index contributed by atoms with van der Waals surface area (Å²) in [6, 6.07) is 12.5. The number of fused-ring (bicyclic) bond motifs is 1. The second-order valence-electron chi connectivity index (χ2n) is 5.73. The van der Waals surface area contributed by atoms with Gasteiger partial charge in [0.05, 0.1) is 17.6 Å². The third-order valence-electron chi connectivity index (χ3n) is 4.13. The van der Waals surface area contributed by atoms with E-state index in [1.54, 1.807) is 11.3 Å². The number of nitrogens with one attached hydrogen (secondary N) is 1. The molecule has 0 atom stereocenters. The molecule has 0 spiro atoms. The molecule has 0 fully saturated rings. The quantitative estimate of drug-likeness (QED) is 0.354. The number of hydrogen-bond acceptors (Lipinski definition) is 3. The molecule has 7 heteroatoms. The first-order valence-corrected chi connectivity index (χ1v) is 8.91. The number of benzene rings is 1. The van der Waals surface area contributed by atoms with Gasteiger partial charge in [0.25, 0.3) is 0 Å². The average molecular weight is 469 g/mol. The Hall–Kier alpha value is -1.61. The van der Waals surface area contributed by atoms with E-state index in [4.69, 9.17) is 4.98 Å². The van der Waals surface area contributed by atoms with E-state index >= 15 is 0 Å². The standard InChI is InChI=1S/C18H23N5S.HI/c1-19-18(22(2)11-10-14-7-6-12-24-14)20-13-17-21-15-8-4-5-9-16(15)23(17)3;/h4-9,12H,10-11,13H2,1-3H3,(H,19,20);1H. The van der Waals surface area contributed by atoms with Crippen molar-refractivity contribution in [2.45, 2.75) is 13.0 Å². The van der Waals surface area contributed by atoms with Crippen LogP contribution in [-0.4, -0.2) is 41.1 Å². The van der Waals surface area contributed by atoms with Gasteiger partial charge in [0.2, 0.25) is 0 Å². The van der Waals surface area contributed by atoms with E-state index in [2.05, 4.69) is 57.5 Å². The molecular formula is C18H24IN5S. The fraction of sp³-hybridized carbons (Fsp3) is 0.333. The molecule has 1 N–H and O–H groups in total. The van der Waals surface area contributed by atoms with Gasteiger partial charge in [-0.15, -0.1) is 35.3 Å². The molecule has 2 heterocycles. The maximum absolute atomic E-state index is 4.69. The number of aryl methyl sites for hydroxylation is 1. The normalized spacial score (nSPS) is 11.4. The van der Waals surface area contributed by atoms with Gasteiger partial charge in [0, 0.05) is 32.6 Å². The van der Waals surface area contributed by atoms with Crippen molar-refractivity contribution in [3.63, 3.8) is 0 Å². The summed E-state index contributed by atoms with van der Waals surface area (Å²) < 4.78 is 2.13. The lowest BCUT2D eigenvalue weighted by Gasteiger charge is -2.21. The summed E-state index contributed by atoms with van der Waals surface area (Å²) >= 11 is 1.80. The van der Waals surface area contributed by atoms with Gasteiger partial charge in [-0.25, -0.2) is 4.98 Å². The van der Waals surface area contributed by atoms with Crippen LogP contribution >= 0.6 is 35.3 Å². The Morgan fingerprint density at radius 1 is 1.28 bits per heavy atom. The molecule has 134 valence electrons. The number of hydrogen-bond donors (Lipinski definition) is 1. The molecule has 0 saturated carbocycles. The van der Waals surface area contributed by atoms with Gasteiger partial charge >= 0.3 is 0 Å². The van der Waals surface area contributed by atoms with E-state index in [1.165, 1.54) is 4.88 Å². The first kappa shape index (κ1) is 19.7. The SMILES string of the molecule is CN=C(NCc1nc2ccccc2n1C)N(C)CCc1cccs1.I. The number of nitrogens with zero attached hydrogens (tertiary/aromatic N) is 4. The van der Waals surface area contributed by atoms with Crippen LogP contribution in [0.3, 0.4) is 0 Å². The summed E-state index contributed by atoms with van der Waals surface area (Å²) in [6.07, 6.45) is 1.03. The van der Waals surface area contributed by atoms with Crippen LogP contribution in [0.15, 0.2) is 46.8 Å². The molecule has 3 aromatic rings. The molecule has 0 saturated heterocycles. The number of para-hydroxylation sites is 2. The Kier molecular flexibility index (Phi) is 7.24. The maximum atomic E-state index is 4.69. The fourth-order valence-electron chi connectivity index (χ4n) is 2.73. The summed E-state index contributed by atoms with van der Waals surface area (Å²) in [4.78, 5) is 12.6. The minimum absolute atomic E-state index is 0. The number of imidazole rings is 1. The van der Waals surface area contributed by atoms with Gasteiger partial charge in [0.15, 0.2) is 5.96 Å². The van der Waals surface area contributed by atoms with Crippen LogP contribution in [0.5, 0.6) is 0 Å². The Morgan fingerprint density at radius 2 is 2.08 bits per heavy atom. The van der Waals surface area contributed by atoms with Crippen LogP contribution < -0.4 is 5.32 Å². The van der Waals surface area contributed by atoms with E-state index in [-0.39, 0.29) is 24.0 Å². The van der Waals surface area contributed by atoms with Crippen LogP contribution in [0.2, 0.25) is 0 Å². The highest BCUT2D eigenvalue weighted by Gasteiger charge is 2.10. The highest BCUT2D eigenvalue weighted by Crippen LogP contribution is 2.14. The Morgan fingerprint density at radius 3 is 2.76 bits per heavy atom. The van der Waals surface area contributed by atoms with E-state index in [0.717, 1.165) is 35.8 Å². The molecule has 5 nitrogen and oxygen atoms in total. The Balaban J connectivity index is 0.00000225. The smallest absolute Gasteiger partial charge is 0.193 e. The van der Waals surface area contributed by atoms with Crippen molar-refractivity contribution < 1.29 is 0 Å². The number of aromatic nitrogens is 2. The fourth-order valence-corrected chi connectivity index (χ4v) is 3.43. The predicted molar refractivity (Wildman–Crippen MR) is 117 cm³/mol. The van der Waals surface area contributed by atoms with Crippen molar-refractivity contribution in [1.82, 2.24) is 19.8 Å². The van der Waals surface area contributed by atoms with Gasteiger partial charge in [-0.2, -0.15) is 0 Å². The van der Waals surface area contributed by atoms with Gasteiger partial charge in [-0.1, -0.05) is 18.2 Å². The minimum Gasteiger partial charge on any atom is -0.349 e. The molecule has 0 aliphatic rings. The first-order chi connectivity index (χ1) is 11.7. The maximum Gasteiger partial charge on any atom is 0.193 e. The highest BCUT2D eigenvalue weighted by molar-refractivity contribution is 14.0. The summed E-state index contributed by atoms with van der Waals surface area (Å²) in [5, 5.41) is 5.53. The number of aliphatic imine (C=N–C) groups is 1. The zero-order valence-electron chi connectivity index (χ0n) is 14.8. The van der Waals surface area contributed by atoms with Crippen molar-refractivity contribution in [1.29, 1.82) is 0 Å². The molecular weight excluding hydrogens is 445 g/mol. The van der Waals surface area contributed by atoms with Crippen molar-refractivity contribution >= 4 is 52.3 Å². The number of guanidine groups is 1. The molecule has 2 aromatic heterocycles. The van der Waals surface area contributed by atoms with Gasteiger partial charge < -0.3 is 14.8 Å². The topological polar surface area (TPSA) is 45.5 Å². The van der Waals surface area contributed by atoms with Gasteiger partial charge in [-0.3, -0.25) is 4.99 Å². The molecule has 0 radical (unpaired) electrons. The summed E-state index contributed by atoms with van der Waals surface area (Å²) in [7, 11) is 5.94. The first-order valence-electron chi connectivity index (χ1n) is 8.03. The van der Waals surface area contributed by atoms with E-state index < -0.39 is 0 Å². The summed E-state index contributed by atoms with van der Waals surface area (Å²) in [5.74, 6) is 1.89. The number of rotatable bonds is 5. The Bertz CT molecular complexity index is 825. The molecule has 25 heavy (non-hydrogen) atoms. The van der Waals surface area contributed by atoms with Gasteiger partial charge in [0.1, 0.15) is 5.82 Å². The molecule has 0 aliphatic carbocycles. The Labute approximate surface area is 169 Å². The average Bonchev–Trinajstić information content (AvgIpc) is 3.22. The summed E-state index contributed by atoms with van der Waals surface area (Å²) in [5.41, 5.74) is 2.17. The minimum atomic E-state index is 0. The monoisotopic (exact) mass is 469 g/mol. The highest BCUT2D eigenvalue weighted by atomic mass is 127. The molecule has 0 amide bonds. The molecule has 3 rings (SSSR count). The van der Waals surface area contributed by atoms with Crippen LogP contribution in [0.1, 0.15) is 10.7 Å². The lowest BCUT2D eigenvalue weighted by Crippen LogP contribution is -2.39. The lowest BCUT2D eigenvalue weighted by atomic mass is 10.3. The molecule has 0 bridgehead atoms.